The molecule has 8 heteroatoms. The van der Waals surface area contributed by atoms with Gasteiger partial charge in [-0.1, -0.05) is 0 Å². The molecule has 2 aromatic carbocycles. The van der Waals surface area contributed by atoms with Crippen LogP contribution in [0.15, 0.2) is 47.6 Å². The van der Waals surface area contributed by atoms with E-state index in [1.165, 1.54) is 6.21 Å². The van der Waals surface area contributed by atoms with E-state index in [2.05, 4.69) is 10.5 Å². The molecular weight excluding hydrogens is 350 g/mol. The van der Waals surface area contributed by atoms with Gasteiger partial charge in [-0.05, 0) is 55.0 Å². The number of hydrogen-bond acceptors (Lipinski definition) is 6. The number of benzene rings is 2. The highest BCUT2D eigenvalue weighted by molar-refractivity contribution is 5.95. The summed E-state index contributed by atoms with van der Waals surface area (Å²) in [6.45, 7) is 2.00. The maximum Gasteiger partial charge on any atom is 0.271 e. The van der Waals surface area contributed by atoms with Crippen molar-refractivity contribution < 1.29 is 23.8 Å². The molecule has 3 N–H and O–H groups in total. The highest BCUT2D eigenvalue weighted by atomic mass is 16.5. The van der Waals surface area contributed by atoms with Gasteiger partial charge in [0.25, 0.3) is 11.8 Å². The standard InChI is InChI=1S/C19H21N3O5/c1-3-26-17-10-13(4-9-16(17)27-12-18(20)23)11-21-22-19(24)14-5-7-15(25-2)8-6-14/h4-11H,3,12H2,1-2H3,(H2,20,23)(H,22,24)/b21-11+. The van der Waals surface area contributed by atoms with Gasteiger partial charge in [0.2, 0.25) is 0 Å². The highest BCUT2D eigenvalue weighted by Crippen LogP contribution is 2.28. The number of ether oxygens (including phenoxy) is 3. The summed E-state index contributed by atoms with van der Waals surface area (Å²) in [4.78, 5) is 22.9. The van der Waals surface area contributed by atoms with Gasteiger partial charge in [0.05, 0.1) is 19.9 Å². The fraction of sp³-hybridized carbons (Fsp3) is 0.211. The molecule has 0 radical (unpaired) electrons. The van der Waals surface area contributed by atoms with Crippen LogP contribution in [0.3, 0.4) is 0 Å². The van der Waals surface area contributed by atoms with Crippen LogP contribution in [0.1, 0.15) is 22.8 Å². The van der Waals surface area contributed by atoms with Crippen LogP contribution in [-0.2, 0) is 4.79 Å². The van der Waals surface area contributed by atoms with E-state index in [0.29, 0.717) is 35.0 Å². The Morgan fingerprint density at radius 1 is 1.11 bits per heavy atom. The normalized spacial score (nSPS) is 10.4. The number of nitrogens with zero attached hydrogens (tertiary/aromatic N) is 1. The van der Waals surface area contributed by atoms with Crippen LogP contribution in [0, 0.1) is 0 Å². The van der Waals surface area contributed by atoms with Crippen LogP contribution in [0.2, 0.25) is 0 Å². The highest BCUT2D eigenvalue weighted by Gasteiger charge is 2.08. The molecule has 2 aromatic rings. The van der Waals surface area contributed by atoms with Crippen LogP contribution in [0.5, 0.6) is 17.2 Å². The Morgan fingerprint density at radius 3 is 2.48 bits per heavy atom. The molecule has 0 aliphatic rings. The molecule has 0 aromatic heterocycles. The zero-order valence-electron chi connectivity index (χ0n) is 15.1. The predicted octanol–water partition coefficient (Wildman–Crippen LogP) is 1.72. The number of amides is 2. The Morgan fingerprint density at radius 2 is 1.85 bits per heavy atom. The van der Waals surface area contributed by atoms with Gasteiger partial charge in [0, 0.05) is 5.56 Å². The van der Waals surface area contributed by atoms with Gasteiger partial charge in [-0.2, -0.15) is 5.10 Å². The third kappa shape index (κ3) is 6.03. The van der Waals surface area contributed by atoms with Crippen LogP contribution >= 0.6 is 0 Å². The number of hydrogen-bond donors (Lipinski definition) is 2. The molecule has 0 spiro atoms. The maximum atomic E-state index is 12.1. The quantitative estimate of drug-likeness (QED) is 0.515. The zero-order valence-corrected chi connectivity index (χ0v) is 15.1. The average molecular weight is 371 g/mol. The van der Waals surface area contributed by atoms with E-state index in [-0.39, 0.29) is 12.5 Å². The van der Waals surface area contributed by atoms with Crippen molar-refractivity contribution in [3.05, 3.63) is 53.6 Å². The molecule has 0 bridgehead atoms. The van der Waals surface area contributed by atoms with Crippen LogP contribution in [0.25, 0.3) is 0 Å². The lowest BCUT2D eigenvalue weighted by molar-refractivity contribution is -0.119. The van der Waals surface area contributed by atoms with Crippen molar-refractivity contribution in [1.29, 1.82) is 0 Å². The lowest BCUT2D eigenvalue weighted by Gasteiger charge is -2.11. The van der Waals surface area contributed by atoms with Gasteiger partial charge in [0.15, 0.2) is 18.1 Å². The molecule has 2 rings (SSSR count). The molecule has 0 heterocycles. The smallest absolute Gasteiger partial charge is 0.271 e. The molecule has 0 saturated heterocycles. The average Bonchev–Trinajstić information content (AvgIpc) is 2.67. The van der Waals surface area contributed by atoms with Crippen molar-refractivity contribution in [1.82, 2.24) is 5.43 Å². The van der Waals surface area contributed by atoms with Crippen molar-refractivity contribution in [2.24, 2.45) is 10.8 Å². The first-order chi connectivity index (χ1) is 13.0. The zero-order chi connectivity index (χ0) is 19.6. The second-order valence-electron chi connectivity index (χ2n) is 5.32. The molecule has 27 heavy (non-hydrogen) atoms. The van der Waals surface area contributed by atoms with Crippen LogP contribution < -0.4 is 25.4 Å². The van der Waals surface area contributed by atoms with Gasteiger partial charge in [-0.25, -0.2) is 5.43 Å². The minimum atomic E-state index is -0.579. The molecule has 0 aliphatic heterocycles. The largest absolute Gasteiger partial charge is 0.497 e. The summed E-state index contributed by atoms with van der Waals surface area (Å²) in [5, 5.41) is 3.94. The Hall–Kier alpha value is -3.55. The summed E-state index contributed by atoms with van der Waals surface area (Å²) in [6.07, 6.45) is 1.47. The SMILES string of the molecule is CCOc1cc(/C=N/NC(=O)c2ccc(OC)cc2)ccc1OCC(N)=O. The monoisotopic (exact) mass is 371 g/mol. The lowest BCUT2D eigenvalue weighted by atomic mass is 10.2. The van der Waals surface area contributed by atoms with E-state index in [0.717, 1.165) is 0 Å². The van der Waals surface area contributed by atoms with Gasteiger partial charge < -0.3 is 19.9 Å². The number of rotatable bonds is 9. The molecule has 0 atom stereocenters. The Kier molecular flexibility index (Phi) is 7.18. The van der Waals surface area contributed by atoms with Gasteiger partial charge in [-0.3, -0.25) is 9.59 Å². The first-order valence-corrected chi connectivity index (χ1v) is 8.19. The number of carbonyl (C=O) groups is 2. The van der Waals surface area contributed by atoms with E-state index >= 15 is 0 Å². The molecular formula is C19H21N3O5. The molecule has 0 unspecified atom stereocenters. The molecule has 0 fully saturated rings. The number of methoxy groups -OCH3 is 1. The van der Waals surface area contributed by atoms with Crippen LogP contribution in [-0.4, -0.2) is 38.4 Å². The van der Waals surface area contributed by atoms with E-state index in [4.69, 9.17) is 19.9 Å². The summed E-state index contributed by atoms with van der Waals surface area (Å²) in [5.41, 5.74) is 8.66. The van der Waals surface area contributed by atoms with E-state index in [9.17, 15) is 9.59 Å². The summed E-state index contributed by atoms with van der Waals surface area (Å²) >= 11 is 0. The van der Waals surface area contributed by atoms with Crippen molar-refractivity contribution >= 4 is 18.0 Å². The molecule has 0 saturated carbocycles. The number of nitrogens with two attached hydrogens (primary N) is 1. The summed E-state index contributed by atoms with van der Waals surface area (Å²) in [5.74, 6) is 0.584. The Balaban J connectivity index is 2.03. The fourth-order valence-corrected chi connectivity index (χ4v) is 2.11. The van der Waals surface area contributed by atoms with Crippen molar-refractivity contribution in [3.63, 3.8) is 0 Å². The first-order valence-electron chi connectivity index (χ1n) is 8.19. The number of carbonyl (C=O) groups excluding carboxylic acids is 2. The topological polar surface area (TPSA) is 112 Å². The third-order valence-corrected chi connectivity index (χ3v) is 3.37. The molecule has 8 nitrogen and oxygen atoms in total. The van der Waals surface area contributed by atoms with Gasteiger partial charge in [0.1, 0.15) is 5.75 Å². The number of nitrogens with one attached hydrogen (secondary N) is 1. The second kappa shape index (κ2) is 9.81. The number of primary amides is 1. The van der Waals surface area contributed by atoms with Crippen molar-refractivity contribution in [2.45, 2.75) is 6.92 Å². The van der Waals surface area contributed by atoms with E-state index < -0.39 is 5.91 Å². The summed E-state index contributed by atoms with van der Waals surface area (Å²) < 4.78 is 15.8. The van der Waals surface area contributed by atoms with Gasteiger partial charge in [-0.15, -0.1) is 0 Å². The number of hydrazone groups is 1. The summed E-state index contributed by atoms with van der Waals surface area (Å²) in [6, 6.07) is 11.7. The summed E-state index contributed by atoms with van der Waals surface area (Å²) in [7, 11) is 1.56. The molecule has 2 amide bonds. The van der Waals surface area contributed by atoms with Crippen molar-refractivity contribution in [3.8, 4) is 17.2 Å². The predicted molar refractivity (Wildman–Crippen MR) is 100 cm³/mol. The van der Waals surface area contributed by atoms with Crippen LogP contribution in [0.4, 0.5) is 0 Å². The van der Waals surface area contributed by atoms with Gasteiger partial charge >= 0.3 is 0 Å². The maximum absolute atomic E-state index is 12.1. The van der Waals surface area contributed by atoms with E-state index in [1.54, 1.807) is 49.6 Å². The Labute approximate surface area is 156 Å². The minimum Gasteiger partial charge on any atom is -0.497 e. The van der Waals surface area contributed by atoms with Crippen molar-refractivity contribution in [2.75, 3.05) is 20.3 Å². The minimum absolute atomic E-state index is 0.245. The third-order valence-electron chi connectivity index (χ3n) is 3.37. The Bertz CT molecular complexity index is 819. The van der Waals surface area contributed by atoms with E-state index in [1.807, 2.05) is 6.92 Å². The molecule has 142 valence electrons. The first kappa shape index (κ1) is 19.8. The fourth-order valence-electron chi connectivity index (χ4n) is 2.11. The second-order valence-corrected chi connectivity index (χ2v) is 5.32. The lowest BCUT2D eigenvalue weighted by Crippen LogP contribution is -2.20. The molecule has 0 aliphatic carbocycles.